The molecule has 0 aromatic carbocycles. The Balaban J connectivity index is 1.86. The van der Waals surface area contributed by atoms with Crippen molar-refractivity contribution < 1.29 is 23.6 Å². The third kappa shape index (κ3) is 3.91. The Morgan fingerprint density at radius 1 is 1.48 bits per heavy atom. The number of nitrogens with one attached hydrogen (secondary N) is 1. The lowest BCUT2D eigenvalue weighted by Crippen LogP contribution is -2.40. The maximum atomic E-state index is 11.6. The first-order chi connectivity index (χ1) is 10.1. The van der Waals surface area contributed by atoms with Gasteiger partial charge in [-0.2, -0.15) is 4.98 Å². The second-order valence-corrected chi connectivity index (χ2v) is 4.36. The molecule has 2 N–H and O–H groups in total. The van der Waals surface area contributed by atoms with Crippen molar-refractivity contribution >= 4 is 11.9 Å². The van der Waals surface area contributed by atoms with Gasteiger partial charge in [-0.1, -0.05) is 12.1 Å². The van der Waals surface area contributed by atoms with Gasteiger partial charge in [-0.15, -0.1) is 0 Å². The van der Waals surface area contributed by atoms with Gasteiger partial charge in [0, 0.05) is 12.8 Å². The molecule has 0 aliphatic heterocycles. The molecule has 8 nitrogen and oxygen atoms in total. The van der Waals surface area contributed by atoms with Crippen LogP contribution in [0.25, 0.3) is 11.6 Å². The first kappa shape index (κ1) is 14.8. The van der Waals surface area contributed by atoms with Gasteiger partial charge in [0.25, 0.3) is 0 Å². The van der Waals surface area contributed by atoms with Gasteiger partial charge in [-0.3, -0.25) is 4.79 Å². The van der Waals surface area contributed by atoms with E-state index in [1.807, 2.05) is 0 Å². The molecule has 1 amide bonds. The van der Waals surface area contributed by atoms with E-state index >= 15 is 0 Å². The summed E-state index contributed by atoms with van der Waals surface area (Å²) in [6.45, 7) is 1.69. The maximum absolute atomic E-state index is 11.6. The zero-order valence-electron chi connectivity index (χ0n) is 11.4. The van der Waals surface area contributed by atoms with E-state index in [4.69, 9.17) is 14.0 Å². The van der Waals surface area contributed by atoms with Crippen molar-refractivity contribution in [3.63, 3.8) is 0 Å². The summed E-state index contributed by atoms with van der Waals surface area (Å²) in [5, 5.41) is 15.0. The van der Waals surface area contributed by atoms with Crippen LogP contribution in [0.3, 0.4) is 0 Å². The van der Waals surface area contributed by atoms with Gasteiger partial charge in [0.15, 0.2) is 5.76 Å². The van der Waals surface area contributed by atoms with Gasteiger partial charge >= 0.3 is 5.97 Å². The molecule has 8 heteroatoms. The third-order valence-electron chi connectivity index (χ3n) is 2.82. The molecule has 0 fully saturated rings. The maximum Gasteiger partial charge on any atom is 0.326 e. The summed E-state index contributed by atoms with van der Waals surface area (Å²) in [7, 11) is 0. The minimum atomic E-state index is -1.05. The topological polar surface area (TPSA) is 118 Å². The number of carboxylic acid groups (broad SMARTS) is 1. The minimum Gasteiger partial charge on any atom is -0.480 e. The Hall–Kier alpha value is -2.64. The van der Waals surface area contributed by atoms with E-state index < -0.39 is 12.0 Å². The first-order valence-electron chi connectivity index (χ1n) is 6.48. The minimum absolute atomic E-state index is 0.0730. The number of hydrogen-bond donors (Lipinski definition) is 2. The lowest BCUT2D eigenvalue weighted by atomic mass is 10.2. The van der Waals surface area contributed by atoms with Crippen LogP contribution in [0, 0.1) is 0 Å². The van der Waals surface area contributed by atoms with Crippen molar-refractivity contribution in [2.75, 3.05) is 0 Å². The fourth-order valence-electron chi connectivity index (χ4n) is 1.69. The predicted molar refractivity (Wildman–Crippen MR) is 70.2 cm³/mol. The SMILES string of the molecule is CCC(NC(=O)CCc1nc(-c2ccco2)no1)C(=O)O. The Morgan fingerprint density at radius 3 is 2.90 bits per heavy atom. The van der Waals surface area contributed by atoms with Crippen molar-refractivity contribution in [2.45, 2.75) is 32.2 Å². The summed E-state index contributed by atoms with van der Waals surface area (Å²) in [6.07, 6.45) is 2.12. The van der Waals surface area contributed by atoms with Crippen molar-refractivity contribution in [3.05, 3.63) is 24.3 Å². The van der Waals surface area contributed by atoms with Gasteiger partial charge in [0.2, 0.25) is 17.6 Å². The molecule has 21 heavy (non-hydrogen) atoms. The third-order valence-corrected chi connectivity index (χ3v) is 2.82. The molecule has 0 radical (unpaired) electrons. The number of aryl methyl sites for hydroxylation is 1. The molecule has 112 valence electrons. The normalized spacial score (nSPS) is 12.0. The number of aliphatic carboxylic acids is 1. The number of aromatic nitrogens is 2. The Morgan fingerprint density at radius 2 is 2.29 bits per heavy atom. The lowest BCUT2D eigenvalue weighted by molar-refractivity contribution is -0.141. The second-order valence-electron chi connectivity index (χ2n) is 4.36. The van der Waals surface area contributed by atoms with Crippen LogP contribution in [0.2, 0.25) is 0 Å². The van der Waals surface area contributed by atoms with Crippen LogP contribution in [0.15, 0.2) is 27.3 Å². The Bertz CT molecular complexity index is 605. The van der Waals surface area contributed by atoms with E-state index in [2.05, 4.69) is 15.5 Å². The van der Waals surface area contributed by atoms with E-state index in [0.717, 1.165) is 0 Å². The summed E-state index contributed by atoms with van der Waals surface area (Å²) in [5.74, 6) is -0.343. The molecule has 2 aromatic heterocycles. The van der Waals surface area contributed by atoms with Crippen LogP contribution in [0.5, 0.6) is 0 Å². The lowest BCUT2D eigenvalue weighted by Gasteiger charge is -2.11. The van der Waals surface area contributed by atoms with Crippen LogP contribution < -0.4 is 5.32 Å². The second kappa shape index (κ2) is 6.69. The summed E-state index contributed by atoms with van der Waals surface area (Å²) >= 11 is 0. The van der Waals surface area contributed by atoms with Crippen LogP contribution in [0.1, 0.15) is 25.7 Å². The average Bonchev–Trinajstić information content (AvgIpc) is 3.12. The molecule has 0 bridgehead atoms. The molecule has 0 saturated heterocycles. The van der Waals surface area contributed by atoms with E-state index in [-0.39, 0.29) is 18.7 Å². The van der Waals surface area contributed by atoms with Crippen molar-refractivity contribution in [1.29, 1.82) is 0 Å². The molecule has 0 saturated carbocycles. The quantitative estimate of drug-likeness (QED) is 0.788. The number of carbonyl (C=O) groups excluding carboxylic acids is 1. The molecule has 1 atom stereocenters. The molecule has 0 spiro atoms. The van der Waals surface area contributed by atoms with Crippen LogP contribution in [-0.4, -0.2) is 33.2 Å². The molecule has 0 aliphatic rings. The summed E-state index contributed by atoms with van der Waals surface area (Å²) in [5.41, 5.74) is 0. The summed E-state index contributed by atoms with van der Waals surface area (Å²) in [4.78, 5) is 26.5. The number of carboxylic acids is 1. The van der Waals surface area contributed by atoms with Gasteiger partial charge < -0.3 is 19.4 Å². The smallest absolute Gasteiger partial charge is 0.326 e. The zero-order chi connectivity index (χ0) is 15.2. The molecular weight excluding hydrogens is 278 g/mol. The van der Waals surface area contributed by atoms with Crippen molar-refractivity contribution in [2.24, 2.45) is 0 Å². The van der Waals surface area contributed by atoms with Crippen LogP contribution >= 0.6 is 0 Å². The van der Waals surface area contributed by atoms with E-state index in [1.54, 1.807) is 19.1 Å². The highest BCUT2D eigenvalue weighted by atomic mass is 16.5. The predicted octanol–water partition coefficient (Wildman–Crippen LogP) is 1.24. The number of rotatable bonds is 7. The van der Waals surface area contributed by atoms with Gasteiger partial charge in [-0.05, 0) is 18.6 Å². The Labute approximate surface area is 120 Å². The van der Waals surface area contributed by atoms with E-state index in [0.29, 0.717) is 23.9 Å². The molecule has 1 unspecified atom stereocenters. The number of furan rings is 1. The van der Waals surface area contributed by atoms with Gasteiger partial charge in [-0.25, -0.2) is 4.79 Å². The molecule has 2 rings (SSSR count). The summed E-state index contributed by atoms with van der Waals surface area (Å²) in [6, 6.07) is 2.52. The first-order valence-corrected chi connectivity index (χ1v) is 6.48. The fourth-order valence-corrected chi connectivity index (χ4v) is 1.69. The van der Waals surface area contributed by atoms with Gasteiger partial charge in [0.05, 0.1) is 6.26 Å². The van der Waals surface area contributed by atoms with Gasteiger partial charge in [0.1, 0.15) is 6.04 Å². The molecule has 2 heterocycles. The monoisotopic (exact) mass is 293 g/mol. The highest BCUT2D eigenvalue weighted by Gasteiger charge is 2.18. The van der Waals surface area contributed by atoms with Crippen LogP contribution in [-0.2, 0) is 16.0 Å². The highest BCUT2D eigenvalue weighted by Crippen LogP contribution is 2.16. The highest BCUT2D eigenvalue weighted by molar-refractivity contribution is 5.83. The molecule has 2 aromatic rings. The zero-order valence-corrected chi connectivity index (χ0v) is 11.4. The fraction of sp³-hybridized carbons (Fsp3) is 0.385. The average molecular weight is 293 g/mol. The number of hydrogen-bond acceptors (Lipinski definition) is 6. The Kier molecular flexibility index (Phi) is 4.70. The largest absolute Gasteiger partial charge is 0.480 e. The standard InChI is InChI=1S/C13H15N3O5/c1-2-8(13(18)19)14-10(17)5-6-11-15-12(16-21-11)9-4-3-7-20-9/h3-4,7-8H,2,5-6H2,1H3,(H,14,17)(H,18,19). The molecular formula is C13H15N3O5. The van der Waals surface area contributed by atoms with Crippen LogP contribution in [0.4, 0.5) is 0 Å². The van der Waals surface area contributed by atoms with Crippen molar-refractivity contribution in [3.8, 4) is 11.6 Å². The number of amides is 1. The van der Waals surface area contributed by atoms with Crippen molar-refractivity contribution in [1.82, 2.24) is 15.5 Å². The van der Waals surface area contributed by atoms with E-state index in [1.165, 1.54) is 6.26 Å². The number of nitrogens with zero attached hydrogens (tertiary/aromatic N) is 2. The molecule has 0 aliphatic carbocycles. The summed E-state index contributed by atoms with van der Waals surface area (Å²) < 4.78 is 10.1. The number of carbonyl (C=O) groups is 2. The van der Waals surface area contributed by atoms with E-state index in [9.17, 15) is 9.59 Å².